The molecule has 24 heavy (non-hydrogen) atoms. The molecular weight excluding hydrogens is 366 g/mol. The fraction of sp³-hybridized carbons (Fsp3) is 0.350. The highest BCUT2D eigenvalue weighted by atomic mass is 79.9. The third-order valence-corrected chi connectivity index (χ3v) is 4.47. The molecule has 0 radical (unpaired) electrons. The lowest BCUT2D eigenvalue weighted by Crippen LogP contribution is -2.13. The van der Waals surface area contributed by atoms with E-state index >= 15 is 0 Å². The predicted molar refractivity (Wildman–Crippen MR) is 103 cm³/mol. The van der Waals surface area contributed by atoms with E-state index in [1.54, 1.807) is 0 Å². The first kappa shape index (κ1) is 18.5. The van der Waals surface area contributed by atoms with E-state index in [2.05, 4.69) is 47.2 Å². The number of hydrogen-bond donors (Lipinski definition) is 1. The second-order valence-electron chi connectivity index (χ2n) is 6.16. The maximum absolute atomic E-state index is 12.0. The summed E-state index contributed by atoms with van der Waals surface area (Å²) in [5.74, 6) is 1.32. The third kappa shape index (κ3) is 5.38. The fourth-order valence-electron chi connectivity index (χ4n) is 2.33. The van der Waals surface area contributed by atoms with Crippen molar-refractivity contribution in [3.63, 3.8) is 0 Å². The zero-order valence-electron chi connectivity index (χ0n) is 14.4. The summed E-state index contributed by atoms with van der Waals surface area (Å²) < 4.78 is 6.73. The molecule has 1 amide bonds. The van der Waals surface area contributed by atoms with Crippen molar-refractivity contribution in [3.05, 3.63) is 58.1 Å². The molecule has 0 fully saturated rings. The van der Waals surface area contributed by atoms with E-state index in [1.165, 1.54) is 5.56 Å². The van der Waals surface area contributed by atoms with E-state index in [0.29, 0.717) is 25.4 Å². The summed E-state index contributed by atoms with van der Waals surface area (Å²) in [5, 5.41) is 2.94. The lowest BCUT2D eigenvalue weighted by Gasteiger charge is -2.12. The first-order chi connectivity index (χ1) is 11.5. The van der Waals surface area contributed by atoms with Gasteiger partial charge in [-0.05, 0) is 64.5 Å². The van der Waals surface area contributed by atoms with E-state index in [1.807, 2.05) is 37.3 Å². The van der Waals surface area contributed by atoms with Crippen molar-refractivity contribution in [1.29, 1.82) is 0 Å². The Bertz CT molecular complexity index is 698. The quantitative estimate of drug-likeness (QED) is 0.618. The smallest absolute Gasteiger partial charge is 0.224 e. The Morgan fingerprint density at radius 1 is 1.21 bits per heavy atom. The van der Waals surface area contributed by atoms with Crippen molar-refractivity contribution in [2.45, 2.75) is 39.5 Å². The summed E-state index contributed by atoms with van der Waals surface area (Å²) >= 11 is 3.54. The van der Waals surface area contributed by atoms with Gasteiger partial charge in [-0.1, -0.05) is 38.1 Å². The molecule has 0 heterocycles. The fourth-order valence-corrected chi connectivity index (χ4v) is 2.84. The first-order valence-electron chi connectivity index (χ1n) is 8.25. The summed E-state index contributed by atoms with van der Waals surface area (Å²) in [6.07, 6.45) is 1.12. The average Bonchev–Trinajstić information content (AvgIpc) is 2.54. The largest absolute Gasteiger partial charge is 0.492 e. The minimum Gasteiger partial charge on any atom is -0.492 e. The standard InChI is InChI=1S/C20H24BrNO2/c1-14(2)16-10-11-19(17(21)13-16)24-12-6-9-20(23)22-18-8-5-4-7-15(18)3/h4-5,7-8,10-11,13-14H,6,9,12H2,1-3H3,(H,22,23). The van der Waals surface area contributed by atoms with Gasteiger partial charge in [-0.25, -0.2) is 0 Å². The van der Waals surface area contributed by atoms with Gasteiger partial charge in [-0.3, -0.25) is 4.79 Å². The SMILES string of the molecule is Cc1ccccc1NC(=O)CCCOc1ccc(C(C)C)cc1Br. The van der Waals surface area contributed by atoms with Gasteiger partial charge < -0.3 is 10.1 Å². The maximum atomic E-state index is 12.0. The molecule has 0 spiro atoms. The van der Waals surface area contributed by atoms with Crippen molar-refractivity contribution in [1.82, 2.24) is 0 Å². The molecule has 0 aromatic heterocycles. The minimum atomic E-state index is 0.0159. The molecule has 0 aliphatic carbocycles. The Labute approximate surface area is 152 Å². The van der Waals surface area contributed by atoms with Crippen LogP contribution in [0.1, 0.15) is 43.7 Å². The van der Waals surface area contributed by atoms with Gasteiger partial charge >= 0.3 is 0 Å². The molecule has 0 bridgehead atoms. The summed E-state index contributed by atoms with van der Waals surface area (Å²) in [5.41, 5.74) is 3.21. The van der Waals surface area contributed by atoms with Crippen LogP contribution in [-0.4, -0.2) is 12.5 Å². The van der Waals surface area contributed by atoms with Gasteiger partial charge in [0.2, 0.25) is 5.91 Å². The van der Waals surface area contributed by atoms with Crippen LogP contribution in [0, 0.1) is 6.92 Å². The molecule has 4 heteroatoms. The van der Waals surface area contributed by atoms with Crippen LogP contribution in [-0.2, 0) is 4.79 Å². The number of anilines is 1. The van der Waals surface area contributed by atoms with E-state index < -0.39 is 0 Å². The molecule has 0 atom stereocenters. The Hall–Kier alpha value is -1.81. The molecule has 2 aromatic carbocycles. The Balaban J connectivity index is 1.77. The number of carbonyl (C=O) groups is 1. The van der Waals surface area contributed by atoms with Gasteiger partial charge in [0.1, 0.15) is 5.75 Å². The lowest BCUT2D eigenvalue weighted by atomic mass is 10.0. The average molecular weight is 390 g/mol. The molecular formula is C20H24BrNO2. The minimum absolute atomic E-state index is 0.0159. The van der Waals surface area contributed by atoms with Crippen LogP contribution in [0.3, 0.4) is 0 Å². The van der Waals surface area contributed by atoms with Gasteiger partial charge in [0.15, 0.2) is 0 Å². The molecule has 0 saturated carbocycles. The third-order valence-electron chi connectivity index (χ3n) is 3.85. The van der Waals surface area contributed by atoms with Crippen molar-refractivity contribution in [2.24, 2.45) is 0 Å². The molecule has 3 nitrogen and oxygen atoms in total. The van der Waals surface area contributed by atoms with Crippen LogP contribution in [0.25, 0.3) is 0 Å². The number of para-hydroxylation sites is 1. The van der Waals surface area contributed by atoms with Crippen molar-refractivity contribution < 1.29 is 9.53 Å². The van der Waals surface area contributed by atoms with Gasteiger partial charge in [-0.2, -0.15) is 0 Å². The van der Waals surface area contributed by atoms with Crippen LogP contribution in [0.5, 0.6) is 5.75 Å². The molecule has 0 saturated heterocycles. The second-order valence-corrected chi connectivity index (χ2v) is 7.01. The monoisotopic (exact) mass is 389 g/mol. The Morgan fingerprint density at radius 3 is 2.62 bits per heavy atom. The van der Waals surface area contributed by atoms with E-state index in [0.717, 1.165) is 21.5 Å². The van der Waals surface area contributed by atoms with Gasteiger partial charge in [0, 0.05) is 12.1 Å². The number of rotatable bonds is 7. The van der Waals surface area contributed by atoms with Crippen molar-refractivity contribution in [3.8, 4) is 5.75 Å². The highest BCUT2D eigenvalue weighted by Gasteiger charge is 2.07. The maximum Gasteiger partial charge on any atom is 0.224 e. The normalized spacial score (nSPS) is 10.7. The summed E-state index contributed by atoms with van der Waals surface area (Å²) in [4.78, 5) is 12.0. The van der Waals surface area contributed by atoms with Crippen molar-refractivity contribution >= 4 is 27.5 Å². The summed E-state index contributed by atoms with van der Waals surface area (Å²) in [6, 6.07) is 13.9. The van der Waals surface area contributed by atoms with Crippen LogP contribution < -0.4 is 10.1 Å². The van der Waals surface area contributed by atoms with E-state index in [-0.39, 0.29) is 5.91 Å². The number of nitrogens with one attached hydrogen (secondary N) is 1. The van der Waals surface area contributed by atoms with Crippen LogP contribution in [0.15, 0.2) is 46.9 Å². The highest BCUT2D eigenvalue weighted by Crippen LogP contribution is 2.29. The molecule has 2 rings (SSSR count). The van der Waals surface area contributed by atoms with E-state index in [9.17, 15) is 4.79 Å². The summed E-state index contributed by atoms with van der Waals surface area (Å²) in [7, 11) is 0. The lowest BCUT2D eigenvalue weighted by molar-refractivity contribution is -0.116. The molecule has 1 N–H and O–H groups in total. The van der Waals surface area contributed by atoms with Gasteiger partial charge in [0.05, 0.1) is 11.1 Å². The Kier molecular flexibility index (Phi) is 6.85. The number of carbonyl (C=O) groups excluding carboxylic acids is 1. The Morgan fingerprint density at radius 2 is 1.96 bits per heavy atom. The number of halogens is 1. The molecule has 0 aliphatic heterocycles. The molecule has 0 aliphatic rings. The van der Waals surface area contributed by atoms with Crippen molar-refractivity contribution in [2.75, 3.05) is 11.9 Å². The highest BCUT2D eigenvalue weighted by molar-refractivity contribution is 9.10. The van der Waals surface area contributed by atoms with Crippen LogP contribution >= 0.6 is 15.9 Å². The molecule has 2 aromatic rings. The van der Waals surface area contributed by atoms with E-state index in [4.69, 9.17) is 4.74 Å². The first-order valence-corrected chi connectivity index (χ1v) is 9.04. The molecule has 128 valence electrons. The zero-order chi connectivity index (χ0) is 17.5. The number of aryl methyl sites for hydroxylation is 1. The topological polar surface area (TPSA) is 38.3 Å². The van der Waals surface area contributed by atoms with Crippen LogP contribution in [0.4, 0.5) is 5.69 Å². The zero-order valence-corrected chi connectivity index (χ0v) is 16.0. The summed E-state index contributed by atoms with van der Waals surface area (Å²) in [6.45, 7) is 6.82. The second kappa shape index (κ2) is 8.88. The number of benzene rings is 2. The van der Waals surface area contributed by atoms with Crippen LogP contribution in [0.2, 0.25) is 0 Å². The predicted octanol–water partition coefficient (Wildman–Crippen LogP) is 5.68. The van der Waals surface area contributed by atoms with Gasteiger partial charge in [-0.15, -0.1) is 0 Å². The number of amides is 1. The number of hydrogen-bond acceptors (Lipinski definition) is 2. The number of ether oxygens (including phenoxy) is 1. The molecule has 0 unspecified atom stereocenters. The van der Waals surface area contributed by atoms with Gasteiger partial charge in [0.25, 0.3) is 0 Å².